The summed E-state index contributed by atoms with van der Waals surface area (Å²) >= 11 is 9.14. The molecule has 0 aliphatic rings. The fourth-order valence-electron chi connectivity index (χ4n) is 1.26. The zero-order valence-electron chi connectivity index (χ0n) is 8.66. The van der Waals surface area contributed by atoms with Crippen molar-refractivity contribution in [3.05, 3.63) is 57.5 Å². The number of pyridine rings is 1. The van der Waals surface area contributed by atoms with Crippen molar-refractivity contribution >= 4 is 27.5 Å². The first-order valence-electron chi connectivity index (χ1n) is 4.83. The molecular formula is C12H8BrClFNO. The molecule has 0 bridgehead atoms. The Morgan fingerprint density at radius 2 is 2.12 bits per heavy atom. The summed E-state index contributed by atoms with van der Waals surface area (Å²) in [7, 11) is 0. The summed E-state index contributed by atoms with van der Waals surface area (Å²) in [6.45, 7) is 0.208. The monoisotopic (exact) mass is 315 g/mol. The highest BCUT2D eigenvalue weighted by atomic mass is 79.9. The predicted octanol–water partition coefficient (Wildman–Crippen LogP) is 4.22. The first kappa shape index (κ1) is 12.3. The van der Waals surface area contributed by atoms with Gasteiger partial charge in [-0.05, 0) is 46.3 Å². The second kappa shape index (κ2) is 5.47. The minimum Gasteiger partial charge on any atom is -0.487 e. The van der Waals surface area contributed by atoms with Gasteiger partial charge in [-0.3, -0.25) is 0 Å². The number of nitrogens with zero attached hydrogens (tertiary/aromatic N) is 1. The minimum absolute atomic E-state index is 0.208. The van der Waals surface area contributed by atoms with Crippen LogP contribution in [0.25, 0.3) is 0 Å². The summed E-state index contributed by atoms with van der Waals surface area (Å²) in [5.41, 5.74) is 0.606. The molecule has 0 saturated heterocycles. The van der Waals surface area contributed by atoms with Gasteiger partial charge in [0, 0.05) is 10.6 Å². The smallest absolute Gasteiger partial charge is 0.138 e. The second-order valence-electron chi connectivity index (χ2n) is 3.34. The molecule has 1 aromatic carbocycles. The topological polar surface area (TPSA) is 22.1 Å². The summed E-state index contributed by atoms with van der Waals surface area (Å²) in [5.74, 6) is 0.274. The standard InChI is InChI=1S/C12H8BrClFNO/c13-12-4-2-10(6-16-12)17-7-8-5-9(15)1-3-11(8)14/h1-6H,7H2. The first-order chi connectivity index (χ1) is 8.15. The van der Waals surface area contributed by atoms with Crippen molar-refractivity contribution in [1.82, 2.24) is 4.98 Å². The molecule has 5 heteroatoms. The lowest BCUT2D eigenvalue weighted by molar-refractivity contribution is 0.304. The van der Waals surface area contributed by atoms with Crippen LogP contribution in [0, 0.1) is 5.82 Å². The minimum atomic E-state index is -0.332. The molecule has 88 valence electrons. The molecule has 0 radical (unpaired) electrons. The highest BCUT2D eigenvalue weighted by Gasteiger charge is 2.03. The average Bonchev–Trinajstić information content (AvgIpc) is 2.32. The predicted molar refractivity (Wildman–Crippen MR) is 67.7 cm³/mol. The van der Waals surface area contributed by atoms with Gasteiger partial charge in [-0.25, -0.2) is 9.37 Å². The molecule has 1 aromatic heterocycles. The van der Waals surface area contributed by atoms with Crippen LogP contribution >= 0.6 is 27.5 Å². The Labute approximate surface area is 112 Å². The lowest BCUT2D eigenvalue weighted by atomic mass is 10.2. The van der Waals surface area contributed by atoms with Crippen LogP contribution in [0.3, 0.4) is 0 Å². The van der Waals surface area contributed by atoms with E-state index in [2.05, 4.69) is 20.9 Å². The molecule has 2 aromatic rings. The second-order valence-corrected chi connectivity index (χ2v) is 4.56. The Morgan fingerprint density at radius 3 is 2.82 bits per heavy atom. The van der Waals surface area contributed by atoms with Gasteiger partial charge in [0.15, 0.2) is 0 Å². The third-order valence-corrected chi connectivity index (χ3v) is 2.94. The highest BCUT2D eigenvalue weighted by Crippen LogP contribution is 2.20. The van der Waals surface area contributed by atoms with Gasteiger partial charge < -0.3 is 4.74 Å². The maximum absolute atomic E-state index is 13.0. The number of rotatable bonds is 3. The number of halogens is 3. The Hall–Kier alpha value is -1.13. The molecule has 1 heterocycles. The number of hydrogen-bond acceptors (Lipinski definition) is 2. The molecule has 0 amide bonds. The fourth-order valence-corrected chi connectivity index (χ4v) is 1.67. The van der Waals surface area contributed by atoms with Gasteiger partial charge in [-0.15, -0.1) is 0 Å². The molecule has 0 fully saturated rings. The van der Waals surface area contributed by atoms with Gasteiger partial charge in [0.2, 0.25) is 0 Å². The molecule has 0 N–H and O–H groups in total. The molecule has 2 nitrogen and oxygen atoms in total. The van der Waals surface area contributed by atoms with Crippen molar-refractivity contribution in [3.8, 4) is 5.75 Å². The maximum Gasteiger partial charge on any atom is 0.138 e. The highest BCUT2D eigenvalue weighted by molar-refractivity contribution is 9.10. The summed E-state index contributed by atoms with van der Waals surface area (Å²) in [6, 6.07) is 7.71. The van der Waals surface area contributed by atoms with Gasteiger partial charge in [0.05, 0.1) is 6.20 Å². The normalized spacial score (nSPS) is 10.3. The molecular weight excluding hydrogens is 308 g/mol. The number of aromatic nitrogens is 1. The summed E-state index contributed by atoms with van der Waals surface area (Å²) in [6.07, 6.45) is 1.58. The van der Waals surface area contributed by atoms with E-state index in [1.807, 2.05) is 0 Å². The van der Waals surface area contributed by atoms with E-state index in [1.165, 1.54) is 18.2 Å². The molecule has 0 saturated carbocycles. The lowest BCUT2D eigenvalue weighted by Crippen LogP contribution is -1.97. The largest absolute Gasteiger partial charge is 0.487 e. The van der Waals surface area contributed by atoms with Gasteiger partial charge in [0.1, 0.15) is 22.8 Å². The van der Waals surface area contributed by atoms with Gasteiger partial charge in [-0.2, -0.15) is 0 Å². The van der Waals surface area contributed by atoms with E-state index in [0.29, 0.717) is 16.3 Å². The van der Waals surface area contributed by atoms with Crippen LogP contribution in [0.4, 0.5) is 4.39 Å². The maximum atomic E-state index is 13.0. The van der Waals surface area contributed by atoms with Gasteiger partial charge in [0.25, 0.3) is 0 Å². The molecule has 17 heavy (non-hydrogen) atoms. The zero-order valence-corrected chi connectivity index (χ0v) is 11.0. The van der Waals surface area contributed by atoms with Crippen LogP contribution in [0.2, 0.25) is 5.02 Å². The Bertz CT molecular complexity index is 518. The third-order valence-electron chi connectivity index (χ3n) is 2.10. The molecule has 0 spiro atoms. The number of ether oxygens (including phenoxy) is 1. The van der Waals surface area contributed by atoms with Crippen LogP contribution in [-0.4, -0.2) is 4.98 Å². The van der Waals surface area contributed by atoms with E-state index in [-0.39, 0.29) is 12.4 Å². The molecule has 2 rings (SSSR count). The first-order valence-corrected chi connectivity index (χ1v) is 6.00. The lowest BCUT2D eigenvalue weighted by Gasteiger charge is -2.07. The summed E-state index contributed by atoms with van der Waals surface area (Å²) < 4.78 is 19.2. The third kappa shape index (κ3) is 3.41. The zero-order chi connectivity index (χ0) is 12.3. The molecule has 0 aliphatic carbocycles. The van der Waals surface area contributed by atoms with Gasteiger partial charge in [-0.1, -0.05) is 11.6 Å². The van der Waals surface area contributed by atoms with Crippen molar-refractivity contribution in [2.24, 2.45) is 0 Å². The molecule has 0 unspecified atom stereocenters. The van der Waals surface area contributed by atoms with Crippen molar-refractivity contribution < 1.29 is 9.13 Å². The Morgan fingerprint density at radius 1 is 1.29 bits per heavy atom. The summed E-state index contributed by atoms with van der Waals surface area (Å²) in [5, 5.41) is 0.483. The van der Waals surface area contributed by atoms with E-state index < -0.39 is 0 Å². The van der Waals surface area contributed by atoms with Crippen molar-refractivity contribution in [1.29, 1.82) is 0 Å². The molecule has 0 aliphatic heterocycles. The van der Waals surface area contributed by atoms with Crippen LogP contribution in [0.5, 0.6) is 5.75 Å². The SMILES string of the molecule is Fc1ccc(Cl)c(COc2ccc(Br)nc2)c1. The van der Waals surface area contributed by atoms with Gasteiger partial charge >= 0.3 is 0 Å². The van der Waals surface area contributed by atoms with E-state index in [4.69, 9.17) is 16.3 Å². The Balaban J connectivity index is 2.07. The van der Waals surface area contributed by atoms with Crippen LogP contribution < -0.4 is 4.74 Å². The molecule has 0 atom stereocenters. The quantitative estimate of drug-likeness (QED) is 0.791. The van der Waals surface area contributed by atoms with E-state index in [0.717, 1.165) is 4.60 Å². The van der Waals surface area contributed by atoms with E-state index >= 15 is 0 Å². The average molecular weight is 317 g/mol. The van der Waals surface area contributed by atoms with E-state index in [9.17, 15) is 4.39 Å². The van der Waals surface area contributed by atoms with Crippen LogP contribution in [-0.2, 0) is 6.61 Å². The Kier molecular flexibility index (Phi) is 3.97. The van der Waals surface area contributed by atoms with Crippen molar-refractivity contribution in [2.45, 2.75) is 6.61 Å². The van der Waals surface area contributed by atoms with Crippen LogP contribution in [0.1, 0.15) is 5.56 Å². The summed E-state index contributed by atoms with van der Waals surface area (Å²) in [4.78, 5) is 4.02. The number of benzene rings is 1. The fraction of sp³-hybridized carbons (Fsp3) is 0.0833. The van der Waals surface area contributed by atoms with E-state index in [1.54, 1.807) is 18.3 Å². The number of hydrogen-bond donors (Lipinski definition) is 0. The van der Waals surface area contributed by atoms with Crippen LogP contribution in [0.15, 0.2) is 41.1 Å². The van der Waals surface area contributed by atoms with Crippen molar-refractivity contribution in [2.75, 3.05) is 0 Å². The van der Waals surface area contributed by atoms with Crippen molar-refractivity contribution in [3.63, 3.8) is 0 Å².